The Morgan fingerprint density at radius 3 is 2.67 bits per heavy atom. The molecule has 112 valence electrons. The van der Waals surface area contributed by atoms with Crippen molar-refractivity contribution in [2.24, 2.45) is 0 Å². The first-order chi connectivity index (χ1) is 9.68. The van der Waals surface area contributed by atoms with E-state index in [9.17, 15) is 13.2 Å². The number of carbonyl (C=O) groups is 1. The minimum Gasteiger partial charge on any atom is -0.298 e. The molecule has 2 aromatic rings. The summed E-state index contributed by atoms with van der Waals surface area (Å²) >= 11 is 9.87. The van der Waals surface area contributed by atoms with Crippen molar-refractivity contribution in [1.29, 1.82) is 0 Å². The predicted molar refractivity (Wildman–Crippen MR) is 87.0 cm³/mol. The number of anilines is 1. The number of benzene rings is 1. The van der Waals surface area contributed by atoms with Gasteiger partial charge in [0.25, 0.3) is 15.0 Å². The van der Waals surface area contributed by atoms with Gasteiger partial charge >= 0.3 is 0 Å². The van der Waals surface area contributed by atoms with Gasteiger partial charge in [0.2, 0.25) is 0 Å². The third-order valence-electron chi connectivity index (χ3n) is 2.37. The molecule has 10 heteroatoms. The monoisotopic (exact) mass is 428 g/mol. The number of aromatic nitrogens is 1. The van der Waals surface area contributed by atoms with Gasteiger partial charge in [-0.2, -0.15) is 0 Å². The lowest BCUT2D eigenvalue weighted by atomic mass is 10.2. The molecule has 1 heterocycles. The first-order valence-electron chi connectivity index (χ1n) is 5.37. The highest BCUT2D eigenvalue weighted by Crippen LogP contribution is 2.30. The summed E-state index contributed by atoms with van der Waals surface area (Å²) in [5, 5.41) is 3.06. The Morgan fingerprint density at radius 1 is 1.43 bits per heavy atom. The summed E-state index contributed by atoms with van der Waals surface area (Å²) in [4.78, 5) is 16.1. The van der Waals surface area contributed by atoms with Gasteiger partial charge in [0, 0.05) is 20.2 Å². The number of nitrogens with one attached hydrogen (secondary N) is 1. The van der Waals surface area contributed by atoms with E-state index < -0.39 is 15.0 Å². The summed E-state index contributed by atoms with van der Waals surface area (Å²) in [6.07, 6.45) is 0. The third-order valence-corrected chi connectivity index (χ3v) is 6.55. The van der Waals surface area contributed by atoms with Crippen molar-refractivity contribution < 1.29 is 13.2 Å². The zero-order valence-electron chi connectivity index (χ0n) is 10.4. The average Bonchev–Trinajstić information content (AvgIpc) is 2.73. The van der Waals surface area contributed by atoms with Gasteiger partial charge in [0.1, 0.15) is 0 Å². The Hall–Kier alpha value is -0.670. The number of halogens is 3. The van der Waals surface area contributed by atoms with Crippen molar-refractivity contribution in [2.45, 2.75) is 11.1 Å². The molecule has 21 heavy (non-hydrogen) atoms. The van der Waals surface area contributed by atoms with Crippen LogP contribution in [0.25, 0.3) is 0 Å². The average molecular weight is 430 g/mol. The maximum absolute atomic E-state index is 12.1. The zero-order chi connectivity index (χ0) is 15.8. The van der Waals surface area contributed by atoms with Gasteiger partial charge in [-0.05, 0) is 41.1 Å². The molecule has 0 aliphatic rings. The van der Waals surface area contributed by atoms with Crippen molar-refractivity contribution in [3.63, 3.8) is 0 Å². The number of rotatable bonds is 3. The lowest BCUT2D eigenvalue weighted by molar-refractivity contribution is 0.102. The van der Waals surface area contributed by atoms with Crippen molar-refractivity contribution in [3.05, 3.63) is 39.0 Å². The van der Waals surface area contributed by atoms with Crippen LogP contribution in [0.3, 0.4) is 0 Å². The van der Waals surface area contributed by atoms with Gasteiger partial charge in [-0.15, -0.1) is 0 Å². The van der Waals surface area contributed by atoms with E-state index >= 15 is 0 Å². The highest BCUT2D eigenvalue weighted by molar-refractivity contribution is 9.10. The molecule has 0 fully saturated rings. The van der Waals surface area contributed by atoms with E-state index in [1.54, 1.807) is 12.1 Å². The Morgan fingerprint density at radius 2 is 2.10 bits per heavy atom. The molecule has 0 spiro atoms. The molecule has 1 aromatic carbocycles. The highest BCUT2D eigenvalue weighted by Gasteiger charge is 2.21. The van der Waals surface area contributed by atoms with Crippen LogP contribution in [0, 0.1) is 6.92 Å². The Labute approximate surface area is 142 Å². The minimum absolute atomic E-state index is 0.0929. The van der Waals surface area contributed by atoms with Crippen LogP contribution in [0.4, 0.5) is 5.13 Å². The summed E-state index contributed by atoms with van der Waals surface area (Å²) in [6.45, 7) is 1.50. The summed E-state index contributed by atoms with van der Waals surface area (Å²) in [6, 6.07) is 4.76. The maximum Gasteiger partial charge on any atom is 0.272 e. The molecule has 5 nitrogen and oxygen atoms in total. The molecule has 0 saturated carbocycles. The number of thiazole rings is 1. The van der Waals surface area contributed by atoms with E-state index in [4.69, 9.17) is 22.3 Å². The number of nitrogens with zero attached hydrogens (tertiary/aromatic N) is 1. The fourth-order valence-electron chi connectivity index (χ4n) is 1.50. The second kappa shape index (κ2) is 6.21. The minimum atomic E-state index is -3.88. The van der Waals surface area contributed by atoms with Crippen LogP contribution >= 0.6 is 49.6 Å². The molecule has 1 aromatic heterocycles. The fourth-order valence-corrected chi connectivity index (χ4v) is 4.44. The van der Waals surface area contributed by atoms with Crippen LogP contribution in [-0.2, 0) is 9.05 Å². The quantitative estimate of drug-likeness (QED) is 0.746. The molecule has 1 amide bonds. The van der Waals surface area contributed by atoms with Crippen LogP contribution in [0.15, 0.2) is 26.9 Å². The van der Waals surface area contributed by atoms with E-state index in [1.807, 2.05) is 0 Å². The molecule has 2 rings (SSSR count). The standard InChI is InChI=1S/C11H7BrCl2N2O3S2/c1-5-10(21(14,18)19)20-11(15-5)16-9(17)7-4-6(13)2-3-8(7)12/h2-4H,1H3,(H,15,16,17). The topological polar surface area (TPSA) is 76.1 Å². The fraction of sp³-hybridized carbons (Fsp3) is 0.0909. The summed E-state index contributed by atoms with van der Waals surface area (Å²) in [7, 11) is 1.40. The zero-order valence-corrected chi connectivity index (χ0v) is 15.1. The highest BCUT2D eigenvalue weighted by atomic mass is 79.9. The van der Waals surface area contributed by atoms with E-state index in [-0.39, 0.29) is 15.0 Å². The Bertz CT molecular complexity index is 821. The lowest BCUT2D eigenvalue weighted by Gasteiger charge is -2.04. The number of hydrogen-bond acceptors (Lipinski definition) is 5. The maximum atomic E-state index is 12.1. The van der Waals surface area contributed by atoms with Gasteiger partial charge in [-0.25, -0.2) is 13.4 Å². The first-order valence-corrected chi connectivity index (χ1v) is 9.66. The normalized spacial score (nSPS) is 11.4. The molecule has 0 bridgehead atoms. The molecule has 0 saturated heterocycles. The van der Waals surface area contributed by atoms with Crippen molar-refractivity contribution in [1.82, 2.24) is 4.98 Å². The van der Waals surface area contributed by atoms with Crippen molar-refractivity contribution in [2.75, 3.05) is 5.32 Å². The second-order valence-electron chi connectivity index (χ2n) is 3.91. The number of amides is 1. The van der Waals surface area contributed by atoms with Crippen molar-refractivity contribution in [3.8, 4) is 0 Å². The van der Waals surface area contributed by atoms with Gasteiger partial charge in [-0.1, -0.05) is 22.9 Å². The smallest absolute Gasteiger partial charge is 0.272 e. The SMILES string of the molecule is Cc1nc(NC(=O)c2cc(Cl)ccc2Br)sc1S(=O)(=O)Cl. The summed E-state index contributed by atoms with van der Waals surface area (Å²) in [5.74, 6) is -0.461. The van der Waals surface area contributed by atoms with Gasteiger partial charge < -0.3 is 0 Å². The van der Waals surface area contributed by atoms with E-state index in [2.05, 4.69) is 26.2 Å². The molecule has 0 aliphatic carbocycles. The first kappa shape index (κ1) is 16.7. The molecular weight excluding hydrogens is 423 g/mol. The molecular formula is C11H7BrCl2N2O3S2. The largest absolute Gasteiger partial charge is 0.298 e. The van der Waals surface area contributed by atoms with Crippen LogP contribution in [0.5, 0.6) is 0 Å². The van der Waals surface area contributed by atoms with Gasteiger partial charge in [0.05, 0.1) is 11.3 Å². The molecule has 0 aliphatic heterocycles. The predicted octanol–water partition coefficient (Wildman–Crippen LogP) is 4.05. The Kier molecular flexibility index (Phi) is 4.94. The number of carbonyl (C=O) groups excluding carboxylic acids is 1. The number of aryl methyl sites for hydroxylation is 1. The van der Waals surface area contributed by atoms with Crippen LogP contribution in [-0.4, -0.2) is 19.3 Å². The van der Waals surface area contributed by atoms with E-state index in [0.717, 1.165) is 11.3 Å². The second-order valence-corrected chi connectivity index (χ2v) is 8.96. The molecule has 0 radical (unpaired) electrons. The molecule has 1 N–H and O–H groups in total. The summed E-state index contributed by atoms with van der Waals surface area (Å²) in [5.41, 5.74) is 0.543. The van der Waals surface area contributed by atoms with Crippen LogP contribution < -0.4 is 5.32 Å². The Balaban J connectivity index is 2.30. The van der Waals surface area contributed by atoms with E-state index in [0.29, 0.717) is 15.1 Å². The number of hydrogen-bond donors (Lipinski definition) is 1. The molecule has 0 unspecified atom stereocenters. The lowest BCUT2D eigenvalue weighted by Crippen LogP contribution is -2.12. The van der Waals surface area contributed by atoms with Gasteiger partial charge in [0.15, 0.2) is 9.34 Å². The van der Waals surface area contributed by atoms with Crippen LogP contribution in [0.1, 0.15) is 16.1 Å². The molecule has 0 atom stereocenters. The van der Waals surface area contributed by atoms with Crippen LogP contribution in [0.2, 0.25) is 5.02 Å². The van der Waals surface area contributed by atoms with Gasteiger partial charge in [-0.3, -0.25) is 10.1 Å². The summed E-state index contributed by atoms with van der Waals surface area (Å²) < 4.78 is 23.1. The van der Waals surface area contributed by atoms with Crippen molar-refractivity contribution >= 4 is 69.6 Å². The van der Waals surface area contributed by atoms with E-state index in [1.165, 1.54) is 13.0 Å². The third kappa shape index (κ3) is 3.95.